The van der Waals surface area contributed by atoms with Crippen LogP contribution in [0.2, 0.25) is 0 Å². The maximum absolute atomic E-state index is 14.1. The van der Waals surface area contributed by atoms with E-state index in [1.165, 1.54) is 30.0 Å². The first-order chi connectivity index (χ1) is 23.0. The van der Waals surface area contributed by atoms with Crippen molar-refractivity contribution < 1.29 is 32.3 Å². The van der Waals surface area contributed by atoms with Gasteiger partial charge in [0.15, 0.2) is 6.61 Å². The molecule has 2 aliphatic heterocycles. The fourth-order valence-corrected chi connectivity index (χ4v) is 11.3. The minimum Gasteiger partial charge on any atom is -0.483 e. The minimum atomic E-state index is -4.75. The van der Waals surface area contributed by atoms with Crippen LogP contribution in [-0.4, -0.2) is 34.6 Å². The second-order valence-electron chi connectivity index (χ2n) is 12.7. The molecule has 4 aromatic rings. The number of imide groups is 1. The van der Waals surface area contributed by atoms with Crippen molar-refractivity contribution in [3.8, 4) is 5.75 Å². The average Bonchev–Trinajstić information content (AvgIpc) is 3.79. The van der Waals surface area contributed by atoms with Crippen LogP contribution in [-0.2, 0) is 20.6 Å². The Morgan fingerprint density at radius 3 is 2.42 bits per heavy atom. The number of amides is 3. The van der Waals surface area contributed by atoms with Gasteiger partial charge in [-0.25, -0.2) is 4.90 Å². The summed E-state index contributed by atoms with van der Waals surface area (Å²) in [5, 5.41) is 3.38. The van der Waals surface area contributed by atoms with Gasteiger partial charge in [0.25, 0.3) is 5.91 Å². The van der Waals surface area contributed by atoms with Gasteiger partial charge in [0.05, 0.1) is 28.1 Å². The summed E-state index contributed by atoms with van der Waals surface area (Å²) in [5.41, 5.74) is 0.857. The molecule has 3 amide bonds. The van der Waals surface area contributed by atoms with Crippen molar-refractivity contribution in [1.82, 2.24) is 4.98 Å². The van der Waals surface area contributed by atoms with E-state index >= 15 is 0 Å². The lowest BCUT2D eigenvalue weighted by atomic mass is 9.68. The number of hydrogen-bond donors (Lipinski definition) is 2. The summed E-state index contributed by atoms with van der Waals surface area (Å²) in [6, 6.07) is 19.4. The number of nitrogens with one attached hydrogen (secondary N) is 2. The van der Waals surface area contributed by atoms with Crippen LogP contribution in [0.3, 0.4) is 0 Å². The number of ether oxygens (including phenoxy) is 1. The molecule has 8 nitrogen and oxygen atoms in total. The summed E-state index contributed by atoms with van der Waals surface area (Å²) in [4.78, 5) is 57.8. The van der Waals surface area contributed by atoms with Crippen LogP contribution in [0.25, 0.3) is 0 Å². The monoisotopic (exact) mass is 691 g/mol. The van der Waals surface area contributed by atoms with E-state index in [1.54, 1.807) is 18.2 Å². The summed E-state index contributed by atoms with van der Waals surface area (Å²) in [6.07, 6.45) is -4.18. The Labute approximate surface area is 280 Å². The number of hydrogen-bond acceptors (Lipinski definition) is 7. The van der Waals surface area contributed by atoms with E-state index < -0.39 is 47.0 Å². The highest BCUT2D eigenvalue weighted by Gasteiger charge is 2.70. The molecule has 8 rings (SSSR count). The number of thioether (sulfide) groups is 1. The van der Waals surface area contributed by atoms with Gasteiger partial charge in [0, 0.05) is 27.3 Å². The molecule has 3 heterocycles. The maximum Gasteiger partial charge on any atom is 0.418 e. The quantitative estimate of drug-likeness (QED) is 0.225. The predicted molar refractivity (Wildman–Crippen MR) is 174 cm³/mol. The summed E-state index contributed by atoms with van der Waals surface area (Å²) < 4.78 is 48.1. The lowest BCUT2D eigenvalue weighted by molar-refractivity contribution is -0.137. The molecular weight excluding hydrogens is 664 g/mol. The molecule has 0 radical (unpaired) electrons. The average molecular weight is 692 g/mol. The van der Waals surface area contributed by atoms with E-state index in [-0.39, 0.29) is 40.4 Å². The van der Waals surface area contributed by atoms with Crippen LogP contribution >= 0.6 is 23.1 Å². The number of fused-ring (bicyclic) bond motifs is 9. The third-order valence-electron chi connectivity index (χ3n) is 10.2. The zero-order valence-corrected chi connectivity index (χ0v) is 27.0. The Hall–Kier alpha value is -4.36. The van der Waals surface area contributed by atoms with Gasteiger partial charge < -0.3 is 15.0 Å². The Morgan fingerprint density at radius 1 is 0.958 bits per heavy atom. The van der Waals surface area contributed by atoms with Gasteiger partial charge in [0.1, 0.15) is 5.75 Å². The Kier molecular flexibility index (Phi) is 7.33. The zero-order valence-electron chi connectivity index (χ0n) is 25.3. The molecule has 2 aliphatic carbocycles. The van der Waals surface area contributed by atoms with Gasteiger partial charge in [-0.05, 0) is 60.9 Å². The van der Waals surface area contributed by atoms with Crippen molar-refractivity contribution in [3.05, 3.63) is 104 Å². The third-order valence-corrected chi connectivity index (χ3v) is 12.8. The lowest BCUT2D eigenvalue weighted by Gasteiger charge is -2.43. The number of aryl methyl sites for hydroxylation is 1. The molecule has 2 bridgehead atoms. The van der Waals surface area contributed by atoms with Crippen LogP contribution in [0.1, 0.15) is 33.9 Å². The SMILES string of the molecule is Cc1ccccc1NC(=O)COc1ccccc1[C@@H]1c2sc(=O)[nH]c2S[C@@H]2[C@@H]3C[C@@H]([C@@H]4C(=O)N(c5ccccc5C(F)(F)F)C(=O)[C@@H]34)[C@H]12. The molecule has 2 saturated carbocycles. The van der Waals surface area contributed by atoms with Crippen molar-refractivity contribution >= 4 is 52.2 Å². The minimum absolute atomic E-state index is 0.175. The number of thiazole rings is 1. The topological polar surface area (TPSA) is 109 Å². The van der Waals surface area contributed by atoms with Crippen LogP contribution in [0.4, 0.5) is 24.5 Å². The second kappa shape index (κ2) is 11.4. The normalized spacial score (nSPS) is 27.1. The molecule has 0 spiro atoms. The predicted octanol–water partition coefficient (Wildman–Crippen LogP) is 6.46. The third kappa shape index (κ3) is 4.80. The van der Waals surface area contributed by atoms with Gasteiger partial charge >= 0.3 is 11.0 Å². The van der Waals surface area contributed by atoms with Crippen LogP contribution in [0.15, 0.2) is 82.6 Å². The molecule has 1 aromatic heterocycles. The number of alkyl halides is 3. The van der Waals surface area contributed by atoms with Crippen LogP contribution < -0.4 is 19.8 Å². The number of nitrogens with zero attached hydrogens (tertiary/aromatic N) is 1. The fraction of sp³-hybridized carbons (Fsp3) is 0.314. The van der Waals surface area contributed by atoms with Gasteiger partial charge in [-0.3, -0.25) is 19.2 Å². The number of rotatable bonds is 6. The second-order valence-corrected chi connectivity index (χ2v) is 14.9. The standard InChI is InChI=1S/C35H28F3N3O5S2/c1-16-8-2-5-11-21(16)39-24(42)15-46-23-13-7-3-9-17(23)25-26-18-14-19(29(26)47-31-30(25)48-34(45)40-31)28-27(18)32(43)41(33(28)44)22-12-6-4-10-20(22)35(36,37)38/h2-13,18-19,25-29H,14-15H2,1H3,(H,39,42)(H,40,45)/t18-,19-,25+,26-,27+,28+,29-/m1/s1. The molecule has 3 fully saturated rings. The number of carbonyl (C=O) groups is 3. The molecule has 7 atom stereocenters. The lowest BCUT2D eigenvalue weighted by Crippen LogP contribution is -2.42. The molecule has 13 heteroatoms. The highest BCUT2D eigenvalue weighted by molar-refractivity contribution is 8.00. The largest absolute Gasteiger partial charge is 0.483 e. The van der Waals surface area contributed by atoms with Gasteiger partial charge in [-0.15, -0.1) is 11.8 Å². The molecule has 2 N–H and O–H groups in total. The number of aromatic amines is 1. The molecule has 246 valence electrons. The van der Waals surface area contributed by atoms with Gasteiger partial charge in [0.2, 0.25) is 11.8 Å². The summed E-state index contributed by atoms with van der Waals surface area (Å²) in [6.45, 7) is 1.62. The Morgan fingerprint density at radius 2 is 1.65 bits per heavy atom. The van der Waals surface area contributed by atoms with E-state index in [0.717, 1.165) is 38.3 Å². The molecule has 1 saturated heterocycles. The first kappa shape index (κ1) is 30.9. The molecular formula is C35H28F3N3O5S2. The van der Waals surface area contributed by atoms with Crippen molar-refractivity contribution in [2.75, 3.05) is 16.8 Å². The first-order valence-corrected chi connectivity index (χ1v) is 17.2. The van der Waals surface area contributed by atoms with E-state index in [2.05, 4.69) is 10.3 Å². The number of H-pyrrole nitrogens is 1. The zero-order chi connectivity index (χ0) is 33.5. The maximum atomic E-state index is 14.1. The number of para-hydroxylation sites is 3. The van der Waals surface area contributed by atoms with Crippen molar-refractivity contribution in [1.29, 1.82) is 0 Å². The highest BCUT2D eigenvalue weighted by atomic mass is 32.2. The number of aromatic nitrogens is 1. The first-order valence-electron chi connectivity index (χ1n) is 15.5. The van der Waals surface area contributed by atoms with E-state index in [4.69, 9.17) is 4.74 Å². The van der Waals surface area contributed by atoms with Crippen LogP contribution in [0.5, 0.6) is 5.75 Å². The summed E-state index contributed by atoms with van der Waals surface area (Å²) in [5.74, 6) is -3.83. The summed E-state index contributed by atoms with van der Waals surface area (Å²) >= 11 is 2.56. The molecule has 48 heavy (non-hydrogen) atoms. The number of halogens is 3. The number of anilines is 2. The molecule has 4 aliphatic rings. The Balaban J connectivity index is 1.14. The smallest absolute Gasteiger partial charge is 0.418 e. The van der Waals surface area contributed by atoms with E-state index in [1.807, 2.05) is 37.3 Å². The van der Waals surface area contributed by atoms with E-state index in [9.17, 15) is 32.3 Å². The molecule has 3 aromatic carbocycles. The van der Waals surface area contributed by atoms with Crippen LogP contribution in [0, 0.1) is 36.5 Å². The van der Waals surface area contributed by atoms with E-state index in [0.29, 0.717) is 22.9 Å². The van der Waals surface area contributed by atoms with Gasteiger partial charge in [-0.1, -0.05) is 59.9 Å². The van der Waals surface area contributed by atoms with Gasteiger partial charge in [-0.2, -0.15) is 13.2 Å². The summed E-state index contributed by atoms with van der Waals surface area (Å²) in [7, 11) is 0. The number of benzene rings is 3. The van der Waals surface area contributed by atoms with Crippen molar-refractivity contribution in [2.24, 2.45) is 29.6 Å². The van der Waals surface area contributed by atoms with Crippen molar-refractivity contribution in [3.63, 3.8) is 0 Å². The highest BCUT2D eigenvalue weighted by Crippen LogP contribution is 2.69. The number of carbonyl (C=O) groups excluding carboxylic acids is 3. The van der Waals surface area contributed by atoms with Crippen molar-refractivity contribution in [2.45, 2.75) is 35.7 Å². The Bertz CT molecular complexity index is 2040. The molecule has 0 unspecified atom stereocenters. The fourth-order valence-electron chi connectivity index (χ4n) is 8.42.